The van der Waals surface area contributed by atoms with Crippen molar-refractivity contribution in [2.75, 3.05) is 7.11 Å². The van der Waals surface area contributed by atoms with E-state index in [4.69, 9.17) is 20.1 Å². The minimum Gasteiger partial charge on any atom is -0.493 e. The molecule has 15 heavy (non-hydrogen) atoms. The smallest absolute Gasteiger partial charge is 0.297 e. The second-order valence-electron chi connectivity index (χ2n) is 2.37. The number of hydrogen-bond acceptors (Lipinski definition) is 5. The van der Waals surface area contributed by atoms with Gasteiger partial charge in [-0.2, -0.15) is 5.26 Å². The number of guanidine groups is 1. The highest BCUT2D eigenvalue weighted by atomic mass is 16.5. The van der Waals surface area contributed by atoms with Gasteiger partial charge in [-0.1, -0.05) is 0 Å². The van der Waals surface area contributed by atoms with Gasteiger partial charge in [0.25, 0.3) is 5.91 Å². The number of nitrogens with two attached hydrogens (primary N) is 1. The molecule has 7 heteroatoms. The third kappa shape index (κ3) is 2.47. The molecule has 1 aromatic heterocycles. The van der Waals surface area contributed by atoms with E-state index >= 15 is 0 Å². The first kappa shape index (κ1) is 10.6. The summed E-state index contributed by atoms with van der Waals surface area (Å²) in [5.41, 5.74) is 5.20. The van der Waals surface area contributed by atoms with Gasteiger partial charge < -0.3 is 14.9 Å². The van der Waals surface area contributed by atoms with Crippen molar-refractivity contribution in [1.82, 2.24) is 5.32 Å². The number of hydrogen-bond donors (Lipinski definition) is 2. The summed E-state index contributed by atoms with van der Waals surface area (Å²) in [6, 6.07) is 1.48. The molecule has 0 aliphatic heterocycles. The highest BCUT2D eigenvalue weighted by molar-refractivity contribution is 6.05. The van der Waals surface area contributed by atoms with E-state index in [2.05, 4.69) is 10.3 Å². The molecule has 3 N–H and O–H groups in total. The largest absolute Gasteiger partial charge is 0.493 e. The maximum atomic E-state index is 11.4. The van der Waals surface area contributed by atoms with Gasteiger partial charge in [-0.15, -0.1) is 4.99 Å². The molecule has 0 aliphatic rings. The molecule has 1 heterocycles. The lowest BCUT2D eigenvalue weighted by molar-refractivity contribution is 0.0945. The number of carbonyl (C=O) groups is 1. The molecule has 0 bridgehead atoms. The normalized spacial score (nSPS) is 10.5. The summed E-state index contributed by atoms with van der Waals surface area (Å²) in [6.45, 7) is 0. The maximum Gasteiger partial charge on any atom is 0.297 e. The van der Waals surface area contributed by atoms with E-state index in [0.29, 0.717) is 0 Å². The Kier molecular flexibility index (Phi) is 3.29. The Labute approximate surface area is 85.1 Å². The lowest BCUT2D eigenvalue weighted by atomic mass is 10.4. The minimum absolute atomic E-state index is 0.0337. The summed E-state index contributed by atoms with van der Waals surface area (Å²) in [4.78, 5) is 14.5. The number of nitrogens with one attached hydrogen (secondary N) is 1. The number of rotatable bonds is 2. The Morgan fingerprint density at radius 1 is 1.80 bits per heavy atom. The van der Waals surface area contributed by atoms with Gasteiger partial charge in [0.1, 0.15) is 0 Å². The van der Waals surface area contributed by atoms with Gasteiger partial charge in [0.2, 0.25) is 17.9 Å². The Morgan fingerprint density at radius 2 is 2.53 bits per heavy atom. The van der Waals surface area contributed by atoms with Crippen LogP contribution in [0.4, 0.5) is 0 Å². The zero-order chi connectivity index (χ0) is 11.3. The molecule has 1 amide bonds. The van der Waals surface area contributed by atoms with Crippen molar-refractivity contribution in [2.45, 2.75) is 0 Å². The van der Waals surface area contributed by atoms with Gasteiger partial charge >= 0.3 is 0 Å². The van der Waals surface area contributed by atoms with Crippen molar-refractivity contribution in [3.05, 3.63) is 18.1 Å². The van der Waals surface area contributed by atoms with Crippen molar-refractivity contribution < 1.29 is 13.9 Å². The Bertz CT molecular complexity index is 429. The van der Waals surface area contributed by atoms with Crippen LogP contribution in [-0.4, -0.2) is 19.0 Å². The lowest BCUT2D eigenvalue weighted by Gasteiger charge is -2.01. The number of amides is 1. The third-order valence-electron chi connectivity index (χ3n) is 1.47. The molecule has 7 nitrogen and oxygen atoms in total. The zero-order valence-electron chi connectivity index (χ0n) is 7.85. The van der Waals surface area contributed by atoms with Gasteiger partial charge in [0.05, 0.1) is 13.4 Å². The minimum atomic E-state index is -0.631. The van der Waals surface area contributed by atoms with Crippen LogP contribution in [-0.2, 0) is 0 Å². The summed E-state index contributed by atoms with van der Waals surface area (Å²) in [7, 11) is 1.40. The summed E-state index contributed by atoms with van der Waals surface area (Å²) in [6.07, 6.45) is 2.73. The highest BCUT2D eigenvalue weighted by Crippen LogP contribution is 2.18. The number of ether oxygens (including phenoxy) is 1. The quantitative estimate of drug-likeness (QED) is 0.397. The van der Waals surface area contributed by atoms with Gasteiger partial charge in [-0.05, 0) is 0 Å². The summed E-state index contributed by atoms with van der Waals surface area (Å²) < 4.78 is 9.71. The first-order chi connectivity index (χ1) is 7.19. The van der Waals surface area contributed by atoms with Crippen LogP contribution < -0.4 is 15.8 Å². The second kappa shape index (κ2) is 4.66. The number of nitriles is 1. The molecule has 78 valence electrons. The van der Waals surface area contributed by atoms with Crippen molar-refractivity contribution in [3.8, 4) is 11.9 Å². The van der Waals surface area contributed by atoms with Crippen molar-refractivity contribution in [2.24, 2.45) is 10.7 Å². The molecule has 1 rings (SSSR count). The summed E-state index contributed by atoms with van der Waals surface area (Å²) in [5.74, 6) is -0.694. The van der Waals surface area contributed by atoms with Gasteiger partial charge in [-0.3, -0.25) is 10.1 Å². The van der Waals surface area contributed by atoms with Crippen LogP contribution in [0.25, 0.3) is 0 Å². The van der Waals surface area contributed by atoms with Crippen LogP contribution in [0.5, 0.6) is 5.75 Å². The Balaban J connectivity index is 2.79. The molecule has 0 saturated carbocycles. The molecule has 0 unspecified atom stereocenters. The molecular formula is C8H8N4O3. The molecule has 0 atom stereocenters. The van der Waals surface area contributed by atoms with E-state index in [9.17, 15) is 4.79 Å². The fourth-order valence-corrected chi connectivity index (χ4v) is 0.879. The fraction of sp³-hybridized carbons (Fsp3) is 0.125. The van der Waals surface area contributed by atoms with Crippen LogP contribution in [0.3, 0.4) is 0 Å². The fourth-order valence-electron chi connectivity index (χ4n) is 0.879. The standard InChI is InChI=1S/C8H8N4O3/c1-14-5-2-3-15-6(5)7(13)12-8(10)11-4-9/h2-3H,1H3,(H3,10,11,12,13). The van der Waals surface area contributed by atoms with E-state index in [-0.39, 0.29) is 17.5 Å². The summed E-state index contributed by atoms with van der Waals surface area (Å²) >= 11 is 0. The van der Waals surface area contributed by atoms with Gasteiger partial charge in [0.15, 0.2) is 5.75 Å². The number of carbonyl (C=O) groups excluding carboxylic acids is 1. The van der Waals surface area contributed by atoms with Crippen LogP contribution in [0.1, 0.15) is 10.6 Å². The van der Waals surface area contributed by atoms with Gasteiger partial charge in [-0.25, -0.2) is 0 Å². The first-order valence-electron chi connectivity index (χ1n) is 3.84. The molecule has 1 aromatic rings. The molecule has 0 radical (unpaired) electrons. The van der Waals surface area contributed by atoms with E-state index in [1.165, 1.54) is 25.6 Å². The second-order valence-corrected chi connectivity index (χ2v) is 2.37. The predicted molar refractivity (Wildman–Crippen MR) is 50.0 cm³/mol. The molecule has 0 aliphatic carbocycles. The topological polar surface area (TPSA) is 114 Å². The predicted octanol–water partition coefficient (Wildman–Crippen LogP) is -0.186. The lowest BCUT2D eigenvalue weighted by Crippen LogP contribution is -2.36. The number of nitrogens with zero attached hydrogens (tertiary/aromatic N) is 2. The molecule has 0 fully saturated rings. The highest BCUT2D eigenvalue weighted by Gasteiger charge is 2.16. The van der Waals surface area contributed by atoms with Crippen LogP contribution in [0.15, 0.2) is 21.7 Å². The van der Waals surface area contributed by atoms with Crippen molar-refractivity contribution in [1.29, 1.82) is 5.26 Å². The number of aliphatic imine (C=N–C) groups is 1. The number of methoxy groups -OCH3 is 1. The molecular weight excluding hydrogens is 200 g/mol. The van der Waals surface area contributed by atoms with Crippen LogP contribution in [0, 0.1) is 11.5 Å². The maximum absolute atomic E-state index is 11.4. The Hall–Kier alpha value is -2.49. The molecule has 0 spiro atoms. The van der Waals surface area contributed by atoms with Gasteiger partial charge in [0, 0.05) is 6.07 Å². The molecule has 0 aromatic carbocycles. The monoisotopic (exact) mass is 208 g/mol. The molecule has 0 saturated heterocycles. The van der Waals surface area contributed by atoms with Crippen LogP contribution in [0.2, 0.25) is 0 Å². The third-order valence-corrected chi connectivity index (χ3v) is 1.47. The average Bonchev–Trinajstić information content (AvgIpc) is 2.65. The van der Waals surface area contributed by atoms with E-state index in [1.807, 2.05) is 0 Å². The van der Waals surface area contributed by atoms with E-state index < -0.39 is 5.91 Å². The van der Waals surface area contributed by atoms with Crippen molar-refractivity contribution in [3.63, 3.8) is 0 Å². The zero-order valence-corrected chi connectivity index (χ0v) is 7.85. The number of furan rings is 1. The summed E-state index contributed by atoms with van der Waals surface area (Å²) in [5, 5.41) is 10.3. The van der Waals surface area contributed by atoms with E-state index in [1.54, 1.807) is 0 Å². The first-order valence-corrected chi connectivity index (χ1v) is 3.84. The Morgan fingerprint density at radius 3 is 3.13 bits per heavy atom. The van der Waals surface area contributed by atoms with E-state index in [0.717, 1.165) is 0 Å². The average molecular weight is 208 g/mol. The van der Waals surface area contributed by atoms with Crippen molar-refractivity contribution >= 4 is 11.9 Å². The SMILES string of the molecule is COc1ccoc1C(=O)NC(N)=NC#N. The van der Waals surface area contributed by atoms with Crippen LogP contribution >= 0.6 is 0 Å².